The van der Waals surface area contributed by atoms with Gasteiger partial charge in [-0.1, -0.05) is 11.6 Å². The van der Waals surface area contributed by atoms with Gasteiger partial charge >= 0.3 is 0 Å². The highest BCUT2D eigenvalue weighted by Crippen LogP contribution is 2.23. The molecule has 0 atom stereocenters. The number of ether oxygens (including phenoxy) is 2. The van der Waals surface area contributed by atoms with E-state index >= 15 is 0 Å². The summed E-state index contributed by atoms with van der Waals surface area (Å²) in [6, 6.07) is 5.71. The van der Waals surface area contributed by atoms with Crippen molar-refractivity contribution in [3.63, 3.8) is 0 Å². The second kappa shape index (κ2) is 7.48. The molecule has 0 bridgehead atoms. The molecule has 0 fully saturated rings. The van der Waals surface area contributed by atoms with E-state index < -0.39 is 0 Å². The minimum Gasteiger partial charge on any atom is -0.491 e. The summed E-state index contributed by atoms with van der Waals surface area (Å²) in [6.45, 7) is 14.3. The van der Waals surface area contributed by atoms with Gasteiger partial charge in [0, 0.05) is 22.7 Å². The van der Waals surface area contributed by atoms with Crippen molar-refractivity contribution < 1.29 is 9.47 Å². The second-order valence-electron chi connectivity index (χ2n) is 7.16. The lowest BCUT2D eigenvalue weighted by Gasteiger charge is -2.22. The van der Waals surface area contributed by atoms with Gasteiger partial charge in [-0.3, -0.25) is 0 Å². The predicted molar refractivity (Wildman–Crippen MR) is 89.2 cm³/mol. The van der Waals surface area contributed by atoms with Crippen LogP contribution in [-0.2, 0) is 11.3 Å². The summed E-state index contributed by atoms with van der Waals surface area (Å²) in [5.74, 6) is 0.855. The van der Waals surface area contributed by atoms with Gasteiger partial charge in [-0.05, 0) is 59.7 Å². The van der Waals surface area contributed by atoms with Crippen LogP contribution in [0.1, 0.15) is 47.1 Å². The van der Waals surface area contributed by atoms with E-state index in [1.54, 1.807) is 0 Å². The van der Waals surface area contributed by atoms with Crippen LogP contribution in [0.5, 0.6) is 5.75 Å². The van der Waals surface area contributed by atoms with E-state index in [0.717, 1.165) is 22.9 Å². The highest BCUT2D eigenvalue weighted by atomic mass is 35.5. The molecule has 1 N–H and O–H groups in total. The topological polar surface area (TPSA) is 30.5 Å². The number of halogens is 1. The molecular weight excluding hydrogens is 286 g/mol. The standard InChI is InChI=1S/C17H28ClNO2/c1-16(2,3)19-12-13-11-14(18)7-8-15(13)20-9-10-21-17(4,5)6/h7-8,11,19H,9-10,12H2,1-6H3. The molecule has 0 aliphatic carbocycles. The molecule has 21 heavy (non-hydrogen) atoms. The maximum atomic E-state index is 6.08. The summed E-state index contributed by atoms with van der Waals surface area (Å²) in [7, 11) is 0. The Morgan fingerprint density at radius 3 is 2.29 bits per heavy atom. The second-order valence-corrected chi connectivity index (χ2v) is 7.60. The number of nitrogens with one attached hydrogen (secondary N) is 1. The Labute approximate surface area is 134 Å². The molecule has 1 aromatic rings. The Kier molecular flexibility index (Phi) is 6.51. The van der Waals surface area contributed by atoms with Gasteiger partial charge in [-0.25, -0.2) is 0 Å². The van der Waals surface area contributed by atoms with E-state index in [2.05, 4.69) is 26.1 Å². The van der Waals surface area contributed by atoms with Crippen LogP contribution in [0, 0.1) is 0 Å². The van der Waals surface area contributed by atoms with E-state index in [9.17, 15) is 0 Å². The molecule has 0 heterocycles. The van der Waals surface area contributed by atoms with Crippen molar-refractivity contribution in [2.75, 3.05) is 13.2 Å². The first-order chi connectivity index (χ1) is 9.57. The molecule has 0 aliphatic heterocycles. The van der Waals surface area contributed by atoms with E-state index in [4.69, 9.17) is 21.1 Å². The molecule has 4 heteroatoms. The quantitative estimate of drug-likeness (QED) is 0.788. The zero-order chi connectivity index (χ0) is 16.1. The van der Waals surface area contributed by atoms with Crippen molar-refractivity contribution in [3.05, 3.63) is 28.8 Å². The number of benzene rings is 1. The average molecular weight is 314 g/mol. The molecule has 120 valence electrons. The van der Waals surface area contributed by atoms with Crippen molar-refractivity contribution >= 4 is 11.6 Å². The van der Waals surface area contributed by atoms with Crippen molar-refractivity contribution in [1.29, 1.82) is 0 Å². The fourth-order valence-electron chi connectivity index (χ4n) is 1.69. The Morgan fingerprint density at radius 2 is 1.71 bits per heavy atom. The maximum absolute atomic E-state index is 6.08. The fraction of sp³-hybridized carbons (Fsp3) is 0.647. The summed E-state index contributed by atoms with van der Waals surface area (Å²) in [5, 5.41) is 4.17. The van der Waals surface area contributed by atoms with Crippen LogP contribution in [-0.4, -0.2) is 24.4 Å². The zero-order valence-electron chi connectivity index (χ0n) is 14.0. The number of hydrogen-bond acceptors (Lipinski definition) is 3. The minimum atomic E-state index is -0.139. The summed E-state index contributed by atoms with van der Waals surface area (Å²) in [6.07, 6.45) is 0. The maximum Gasteiger partial charge on any atom is 0.124 e. The first-order valence-corrected chi connectivity index (χ1v) is 7.75. The van der Waals surface area contributed by atoms with Crippen LogP contribution in [0.2, 0.25) is 5.02 Å². The first-order valence-electron chi connectivity index (χ1n) is 7.37. The fourth-order valence-corrected chi connectivity index (χ4v) is 1.88. The third kappa shape index (κ3) is 8.30. The van der Waals surface area contributed by atoms with E-state index in [1.807, 2.05) is 39.0 Å². The van der Waals surface area contributed by atoms with Crippen LogP contribution in [0.3, 0.4) is 0 Å². The van der Waals surface area contributed by atoms with Crippen LogP contribution < -0.4 is 10.1 Å². The van der Waals surface area contributed by atoms with Crippen molar-refractivity contribution in [3.8, 4) is 5.75 Å². The van der Waals surface area contributed by atoms with Crippen LogP contribution in [0.15, 0.2) is 18.2 Å². The van der Waals surface area contributed by atoms with E-state index in [0.29, 0.717) is 13.2 Å². The van der Waals surface area contributed by atoms with Gasteiger partial charge in [0.05, 0.1) is 12.2 Å². The molecule has 0 amide bonds. The van der Waals surface area contributed by atoms with Crippen molar-refractivity contribution in [1.82, 2.24) is 5.32 Å². The van der Waals surface area contributed by atoms with E-state index in [-0.39, 0.29) is 11.1 Å². The molecule has 0 aliphatic rings. The first kappa shape index (κ1) is 18.3. The van der Waals surface area contributed by atoms with E-state index in [1.165, 1.54) is 0 Å². The SMILES string of the molecule is CC(C)(C)NCc1cc(Cl)ccc1OCCOC(C)(C)C. The summed E-state index contributed by atoms with van der Waals surface area (Å²) in [5.41, 5.74) is 0.975. The smallest absolute Gasteiger partial charge is 0.124 e. The summed E-state index contributed by atoms with van der Waals surface area (Å²) < 4.78 is 11.5. The molecule has 0 spiro atoms. The lowest BCUT2D eigenvalue weighted by Crippen LogP contribution is -2.35. The molecule has 0 saturated heterocycles. The van der Waals surface area contributed by atoms with Crippen molar-refractivity contribution in [2.45, 2.75) is 59.2 Å². The van der Waals surface area contributed by atoms with Crippen LogP contribution in [0.4, 0.5) is 0 Å². The molecule has 0 saturated carbocycles. The Morgan fingerprint density at radius 1 is 1.05 bits per heavy atom. The molecule has 1 aromatic carbocycles. The van der Waals surface area contributed by atoms with Gasteiger partial charge in [0.1, 0.15) is 12.4 Å². The normalized spacial score (nSPS) is 12.5. The number of hydrogen-bond donors (Lipinski definition) is 1. The largest absolute Gasteiger partial charge is 0.491 e. The molecule has 0 unspecified atom stereocenters. The van der Waals surface area contributed by atoms with Gasteiger partial charge in [0.15, 0.2) is 0 Å². The molecule has 0 radical (unpaired) electrons. The molecule has 3 nitrogen and oxygen atoms in total. The molecule has 1 rings (SSSR count). The van der Waals surface area contributed by atoms with Gasteiger partial charge in [-0.15, -0.1) is 0 Å². The third-order valence-corrected chi connectivity index (χ3v) is 2.94. The monoisotopic (exact) mass is 313 g/mol. The van der Waals surface area contributed by atoms with Crippen LogP contribution >= 0.6 is 11.6 Å². The lowest BCUT2D eigenvalue weighted by molar-refractivity contribution is -0.0164. The highest BCUT2D eigenvalue weighted by molar-refractivity contribution is 6.30. The average Bonchev–Trinajstić information content (AvgIpc) is 2.31. The third-order valence-electron chi connectivity index (χ3n) is 2.71. The zero-order valence-corrected chi connectivity index (χ0v) is 14.8. The molecular formula is C17H28ClNO2. The summed E-state index contributed by atoms with van der Waals surface area (Å²) >= 11 is 6.08. The van der Waals surface area contributed by atoms with Gasteiger partial charge in [-0.2, -0.15) is 0 Å². The predicted octanol–water partition coefficient (Wildman–Crippen LogP) is 4.42. The Bertz CT molecular complexity index is 447. The van der Waals surface area contributed by atoms with Crippen molar-refractivity contribution in [2.24, 2.45) is 0 Å². The Balaban J connectivity index is 2.60. The summed E-state index contributed by atoms with van der Waals surface area (Å²) in [4.78, 5) is 0. The number of rotatable bonds is 6. The van der Waals surface area contributed by atoms with Gasteiger partial charge in [0.25, 0.3) is 0 Å². The molecule has 0 aromatic heterocycles. The lowest BCUT2D eigenvalue weighted by atomic mass is 10.1. The Hall–Kier alpha value is -0.770. The minimum absolute atomic E-state index is 0.0505. The van der Waals surface area contributed by atoms with Crippen LogP contribution in [0.25, 0.3) is 0 Å². The highest BCUT2D eigenvalue weighted by Gasteiger charge is 2.13. The van der Waals surface area contributed by atoms with Gasteiger partial charge in [0.2, 0.25) is 0 Å². The van der Waals surface area contributed by atoms with Gasteiger partial charge < -0.3 is 14.8 Å².